The summed E-state index contributed by atoms with van der Waals surface area (Å²) in [7, 11) is -1.72. The molecule has 0 bridgehead atoms. The van der Waals surface area contributed by atoms with E-state index in [9.17, 15) is 4.79 Å². The summed E-state index contributed by atoms with van der Waals surface area (Å²) in [6.07, 6.45) is 2.03. The number of carbonyl (C=O) groups excluding carboxylic acids is 1. The SMILES string of the molecule is CC1CC(O[Si](C)(C)C(C)(C)C)CC(C)(C)C1=O. The number of Topliss-reactive ketones (excluding diaryl/α,β-unsaturated/α-hetero) is 1. The van der Waals surface area contributed by atoms with Crippen LogP contribution >= 0.6 is 0 Å². The van der Waals surface area contributed by atoms with Gasteiger partial charge in [0.05, 0.1) is 0 Å². The van der Waals surface area contributed by atoms with Crippen molar-refractivity contribution in [1.82, 2.24) is 0 Å². The number of hydrogen-bond acceptors (Lipinski definition) is 2. The molecule has 0 aromatic carbocycles. The molecule has 3 heteroatoms. The Morgan fingerprint density at radius 1 is 1.28 bits per heavy atom. The first-order valence-corrected chi connectivity index (χ1v) is 10.00. The van der Waals surface area contributed by atoms with Gasteiger partial charge in [-0.05, 0) is 31.0 Å². The Morgan fingerprint density at radius 2 is 1.78 bits per heavy atom. The van der Waals surface area contributed by atoms with Gasteiger partial charge in [-0.25, -0.2) is 0 Å². The van der Waals surface area contributed by atoms with Crippen LogP contribution in [-0.4, -0.2) is 20.2 Å². The molecular weight excluding hydrogens is 240 g/mol. The van der Waals surface area contributed by atoms with Crippen molar-refractivity contribution in [1.29, 1.82) is 0 Å². The third-order valence-corrected chi connectivity index (χ3v) is 9.27. The highest BCUT2D eigenvalue weighted by Crippen LogP contribution is 2.42. The Kier molecular flexibility index (Phi) is 4.20. The van der Waals surface area contributed by atoms with Crippen LogP contribution in [0, 0.1) is 11.3 Å². The quantitative estimate of drug-likeness (QED) is 0.695. The first-order chi connectivity index (χ1) is 7.87. The van der Waals surface area contributed by atoms with E-state index in [2.05, 4.69) is 47.7 Å². The third kappa shape index (κ3) is 3.24. The Balaban J connectivity index is 2.79. The molecule has 0 aromatic rings. The van der Waals surface area contributed by atoms with Crippen LogP contribution in [0.15, 0.2) is 0 Å². The molecule has 0 heterocycles. The second-order valence-electron chi connectivity index (χ2n) is 8.09. The summed E-state index contributed by atoms with van der Waals surface area (Å²) in [6, 6.07) is 0. The van der Waals surface area contributed by atoms with Gasteiger partial charge in [-0.2, -0.15) is 0 Å². The smallest absolute Gasteiger partial charge is 0.192 e. The highest BCUT2D eigenvalue weighted by molar-refractivity contribution is 6.74. The summed E-state index contributed by atoms with van der Waals surface area (Å²) in [5, 5.41) is 0.238. The Bertz CT molecular complexity index is 326. The van der Waals surface area contributed by atoms with Gasteiger partial charge in [0.25, 0.3) is 0 Å². The first kappa shape index (κ1) is 15.9. The normalized spacial score (nSPS) is 29.4. The van der Waals surface area contributed by atoms with Gasteiger partial charge in [0, 0.05) is 17.4 Å². The van der Waals surface area contributed by atoms with E-state index in [0.29, 0.717) is 5.78 Å². The molecule has 1 aliphatic carbocycles. The molecule has 1 rings (SSSR count). The molecule has 0 spiro atoms. The van der Waals surface area contributed by atoms with Crippen molar-refractivity contribution in [3.63, 3.8) is 0 Å². The summed E-state index contributed by atoms with van der Waals surface area (Å²) in [4.78, 5) is 12.1. The molecule has 2 unspecified atom stereocenters. The second kappa shape index (κ2) is 4.75. The summed E-state index contributed by atoms with van der Waals surface area (Å²) in [5.41, 5.74) is -0.218. The van der Waals surface area contributed by atoms with Gasteiger partial charge in [-0.1, -0.05) is 41.5 Å². The van der Waals surface area contributed by atoms with E-state index in [1.165, 1.54) is 0 Å². The van der Waals surface area contributed by atoms with E-state index < -0.39 is 8.32 Å². The first-order valence-electron chi connectivity index (χ1n) is 7.09. The number of hydrogen-bond donors (Lipinski definition) is 0. The van der Waals surface area contributed by atoms with Crippen LogP contribution in [0.25, 0.3) is 0 Å². The van der Waals surface area contributed by atoms with Crippen molar-refractivity contribution in [2.75, 3.05) is 0 Å². The fraction of sp³-hybridized carbons (Fsp3) is 0.933. The molecule has 0 aromatic heterocycles. The second-order valence-corrected chi connectivity index (χ2v) is 12.8. The minimum absolute atomic E-state index is 0.142. The standard InChI is InChI=1S/C15H30O2Si/c1-11-9-12(10-15(5,6)13(11)16)17-18(7,8)14(2,3)4/h11-12H,9-10H2,1-8H3. The van der Waals surface area contributed by atoms with E-state index in [1.807, 2.05) is 6.92 Å². The molecule has 0 saturated heterocycles. The van der Waals surface area contributed by atoms with Gasteiger partial charge in [0.1, 0.15) is 5.78 Å². The summed E-state index contributed by atoms with van der Waals surface area (Å²) >= 11 is 0. The van der Waals surface area contributed by atoms with Crippen LogP contribution in [0.3, 0.4) is 0 Å². The van der Waals surface area contributed by atoms with Crippen molar-refractivity contribution in [3.8, 4) is 0 Å². The van der Waals surface area contributed by atoms with E-state index in [4.69, 9.17) is 4.43 Å². The number of carbonyl (C=O) groups is 1. The van der Waals surface area contributed by atoms with Crippen molar-refractivity contribution < 1.29 is 9.22 Å². The molecule has 1 aliphatic rings. The van der Waals surface area contributed by atoms with E-state index in [-0.39, 0.29) is 22.5 Å². The molecule has 0 radical (unpaired) electrons. The predicted octanol–water partition coefficient (Wildman–Crippen LogP) is 4.40. The highest BCUT2D eigenvalue weighted by atomic mass is 28.4. The Morgan fingerprint density at radius 3 is 2.17 bits per heavy atom. The maximum atomic E-state index is 12.1. The molecular formula is C15H30O2Si. The maximum Gasteiger partial charge on any atom is 0.192 e. The van der Waals surface area contributed by atoms with Gasteiger partial charge in [-0.3, -0.25) is 4.79 Å². The molecule has 2 nitrogen and oxygen atoms in total. The molecule has 2 atom stereocenters. The lowest BCUT2D eigenvalue weighted by atomic mass is 9.70. The van der Waals surface area contributed by atoms with Crippen molar-refractivity contribution in [2.45, 2.75) is 78.6 Å². The maximum absolute atomic E-state index is 12.1. The van der Waals surface area contributed by atoms with Crippen molar-refractivity contribution in [2.24, 2.45) is 11.3 Å². The van der Waals surface area contributed by atoms with Gasteiger partial charge < -0.3 is 4.43 Å². The predicted molar refractivity (Wildman–Crippen MR) is 79.3 cm³/mol. The lowest BCUT2D eigenvalue weighted by Crippen LogP contribution is -2.49. The van der Waals surface area contributed by atoms with E-state index in [1.54, 1.807) is 0 Å². The topological polar surface area (TPSA) is 26.3 Å². The molecule has 1 fully saturated rings. The molecule has 0 N–H and O–H groups in total. The lowest BCUT2D eigenvalue weighted by Gasteiger charge is -2.44. The zero-order valence-corrected chi connectivity index (χ0v) is 14.4. The molecule has 0 aliphatic heterocycles. The summed E-state index contributed by atoms with van der Waals surface area (Å²) in [5.74, 6) is 0.543. The summed E-state index contributed by atoms with van der Waals surface area (Å²) < 4.78 is 6.48. The minimum Gasteiger partial charge on any atom is -0.414 e. The van der Waals surface area contributed by atoms with E-state index in [0.717, 1.165) is 12.8 Å². The van der Waals surface area contributed by atoms with Crippen molar-refractivity contribution in [3.05, 3.63) is 0 Å². The average Bonchev–Trinajstić information content (AvgIpc) is 2.10. The fourth-order valence-electron chi connectivity index (χ4n) is 2.60. The van der Waals surface area contributed by atoms with Gasteiger partial charge in [-0.15, -0.1) is 0 Å². The fourth-order valence-corrected chi connectivity index (χ4v) is 3.97. The van der Waals surface area contributed by atoms with Gasteiger partial charge >= 0.3 is 0 Å². The number of ketones is 1. The average molecular weight is 270 g/mol. The van der Waals surface area contributed by atoms with E-state index >= 15 is 0 Å². The van der Waals surface area contributed by atoms with Gasteiger partial charge in [0.15, 0.2) is 8.32 Å². The Hall–Kier alpha value is -0.153. The minimum atomic E-state index is -1.72. The lowest BCUT2D eigenvalue weighted by molar-refractivity contribution is -0.137. The van der Waals surface area contributed by atoms with Crippen LogP contribution in [0.4, 0.5) is 0 Å². The largest absolute Gasteiger partial charge is 0.414 e. The number of rotatable bonds is 2. The highest BCUT2D eigenvalue weighted by Gasteiger charge is 2.45. The van der Waals surface area contributed by atoms with Crippen LogP contribution < -0.4 is 0 Å². The monoisotopic (exact) mass is 270 g/mol. The Labute approximate surface area is 114 Å². The molecule has 0 amide bonds. The zero-order chi connectivity index (χ0) is 14.4. The third-order valence-electron chi connectivity index (χ3n) is 4.74. The van der Waals surface area contributed by atoms with Gasteiger partial charge in [0.2, 0.25) is 0 Å². The molecule has 18 heavy (non-hydrogen) atoms. The van der Waals surface area contributed by atoms with Crippen LogP contribution in [0.1, 0.15) is 54.4 Å². The molecule has 1 saturated carbocycles. The summed E-state index contributed by atoms with van der Waals surface area (Å²) in [6.45, 7) is 17.6. The van der Waals surface area contributed by atoms with Crippen LogP contribution in [0.5, 0.6) is 0 Å². The molecule has 106 valence electrons. The zero-order valence-electron chi connectivity index (χ0n) is 13.4. The van der Waals surface area contributed by atoms with Crippen LogP contribution in [-0.2, 0) is 9.22 Å². The van der Waals surface area contributed by atoms with Crippen LogP contribution in [0.2, 0.25) is 18.1 Å². The van der Waals surface area contributed by atoms with Crippen molar-refractivity contribution >= 4 is 14.1 Å².